The van der Waals surface area contributed by atoms with Crippen molar-refractivity contribution in [3.05, 3.63) is 59.7 Å². The fourth-order valence-corrected chi connectivity index (χ4v) is 3.56. The summed E-state index contributed by atoms with van der Waals surface area (Å²) >= 11 is 1.47. The number of thiazole rings is 1. The van der Waals surface area contributed by atoms with Crippen LogP contribution in [-0.4, -0.2) is 20.5 Å². The molecule has 0 unspecified atom stereocenters. The van der Waals surface area contributed by atoms with Crippen LogP contribution in [0.2, 0.25) is 0 Å². The molecule has 2 aromatic carbocycles. The summed E-state index contributed by atoms with van der Waals surface area (Å²) in [6.45, 7) is 0. The van der Waals surface area contributed by atoms with Gasteiger partial charge in [-0.15, -0.1) is 11.3 Å². The van der Waals surface area contributed by atoms with Crippen LogP contribution in [0.5, 0.6) is 0 Å². The van der Waals surface area contributed by atoms with Crippen LogP contribution >= 0.6 is 11.3 Å². The van der Waals surface area contributed by atoms with Crippen LogP contribution in [-0.2, 0) is 11.2 Å². The fourth-order valence-electron chi connectivity index (χ4n) is 2.69. The number of aromatic nitrogens is 2. The van der Waals surface area contributed by atoms with Crippen molar-refractivity contribution in [3.8, 4) is 11.3 Å². The van der Waals surface area contributed by atoms with Crippen molar-refractivity contribution in [3.63, 3.8) is 0 Å². The molecule has 0 bridgehead atoms. The van der Waals surface area contributed by atoms with E-state index in [1.807, 2.05) is 40.2 Å². The van der Waals surface area contributed by atoms with Crippen LogP contribution in [0.4, 0.5) is 0 Å². The number of carboxylic acids is 1. The second kappa shape index (κ2) is 4.96. The Bertz CT molecular complexity index is 995. The summed E-state index contributed by atoms with van der Waals surface area (Å²) in [5.74, 6) is -0.833. The van der Waals surface area contributed by atoms with E-state index >= 15 is 0 Å². The number of nitrogens with zero attached hydrogens (tertiary/aromatic N) is 2. The third-order valence-corrected chi connectivity index (χ3v) is 4.57. The van der Waals surface area contributed by atoms with Crippen LogP contribution < -0.4 is 0 Å². The highest BCUT2D eigenvalue weighted by atomic mass is 32.1. The highest BCUT2D eigenvalue weighted by molar-refractivity contribution is 7.15. The van der Waals surface area contributed by atoms with Crippen molar-refractivity contribution < 1.29 is 9.90 Å². The summed E-state index contributed by atoms with van der Waals surface area (Å²) < 4.78 is 1.87. The second-order valence-corrected chi connectivity index (χ2v) is 5.94. The number of imidazole rings is 1. The minimum atomic E-state index is -0.833. The molecule has 0 amide bonds. The molecule has 4 rings (SSSR count). The zero-order valence-electron chi connectivity index (χ0n) is 11.6. The van der Waals surface area contributed by atoms with E-state index in [2.05, 4.69) is 23.2 Å². The number of benzene rings is 2. The Hall–Kier alpha value is -2.66. The summed E-state index contributed by atoms with van der Waals surface area (Å²) in [7, 11) is 0. The molecular weight excluding hydrogens is 296 g/mol. The van der Waals surface area contributed by atoms with E-state index in [1.165, 1.54) is 16.7 Å². The molecule has 4 nitrogen and oxygen atoms in total. The minimum absolute atomic E-state index is 0.00530. The van der Waals surface area contributed by atoms with Gasteiger partial charge in [-0.2, -0.15) is 0 Å². The Morgan fingerprint density at radius 2 is 2.00 bits per heavy atom. The van der Waals surface area contributed by atoms with Crippen molar-refractivity contribution >= 4 is 33.0 Å². The van der Waals surface area contributed by atoms with E-state index in [0.717, 1.165) is 27.3 Å². The number of carboxylic acid groups (broad SMARTS) is 1. The van der Waals surface area contributed by atoms with Gasteiger partial charge in [0.2, 0.25) is 0 Å². The lowest BCUT2D eigenvalue weighted by atomic mass is 10.0. The van der Waals surface area contributed by atoms with Gasteiger partial charge in [-0.3, -0.25) is 9.20 Å². The third-order valence-electron chi connectivity index (χ3n) is 3.68. The van der Waals surface area contributed by atoms with Crippen LogP contribution in [0.1, 0.15) is 5.69 Å². The lowest BCUT2D eigenvalue weighted by molar-refractivity contribution is -0.136. The summed E-state index contributed by atoms with van der Waals surface area (Å²) in [5, 5.41) is 13.1. The van der Waals surface area contributed by atoms with Gasteiger partial charge < -0.3 is 5.11 Å². The molecule has 0 fully saturated rings. The molecule has 0 saturated carbocycles. The smallest absolute Gasteiger partial charge is 0.309 e. The SMILES string of the molecule is O=C(O)Cc1csc2nc(-c3cccc4ccccc34)cn12. The van der Waals surface area contributed by atoms with E-state index in [0.29, 0.717) is 0 Å². The first-order valence-corrected chi connectivity index (χ1v) is 7.76. The molecule has 0 atom stereocenters. The molecule has 22 heavy (non-hydrogen) atoms. The van der Waals surface area contributed by atoms with Crippen molar-refractivity contribution in [2.75, 3.05) is 0 Å². The van der Waals surface area contributed by atoms with E-state index in [9.17, 15) is 4.79 Å². The second-order valence-electron chi connectivity index (χ2n) is 5.10. The van der Waals surface area contributed by atoms with E-state index in [1.54, 1.807) is 0 Å². The van der Waals surface area contributed by atoms with Crippen LogP contribution in [0.25, 0.3) is 27.0 Å². The van der Waals surface area contributed by atoms with Gasteiger partial charge in [0.1, 0.15) is 0 Å². The molecule has 0 aliphatic heterocycles. The lowest BCUT2D eigenvalue weighted by Crippen LogP contribution is -2.02. The van der Waals surface area contributed by atoms with Crippen LogP contribution in [0.15, 0.2) is 54.0 Å². The first-order valence-electron chi connectivity index (χ1n) is 6.88. The van der Waals surface area contributed by atoms with Crippen LogP contribution in [0, 0.1) is 0 Å². The van der Waals surface area contributed by atoms with Gasteiger partial charge in [-0.05, 0) is 10.8 Å². The molecular formula is C17H12N2O2S. The molecule has 2 heterocycles. The molecule has 0 spiro atoms. The highest BCUT2D eigenvalue weighted by Gasteiger charge is 2.13. The number of rotatable bonds is 3. The van der Waals surface area contributed by atoms with Crippen molar-refractivity contribution in [2.45, 2.75) is 6.42 Å². The maximum Gasteiger partial charge on any atom is 0.309 e. The molecule has 0 radical (unpaired) electrons. The van der Waals surface area contributed by atoms with Gasteiger partial charge in [0.15, 0.2) is 4.96 Å². The first kappa shape index (κ1) is 13.0. The number of aliphatic carboxylic acids is 1. The number of fused-ring (bicyclic) bond motifs is 2. The summed E-state index contributed by atoms with van der Waals surface area (Å²) in [6, 6.07) is 14.3. The van der Waals surface area contributed by atoms with Gasteiger partial charge in [-0.25, -0.2) is 4.98 Å². The van der Waals surface area contributed by atoms with Crippen LogP contribution in [0.3, 0.4) is 0 Å². The molecule has 0 aliphatic carbocycles. The average Bonchev–Trinajstić information content (AvgIpc) is 3.08. The number of carbonyl (C=O) groups is 1. The molecule has 4 aromatic rings. The average molecular weight is 308 g/mol. The molecule has 2 aromatic heterocycles. The first-order chi connectivity index (χ1) is 10.7. The zero-order valence-corrected chi connectivity index (χ0v) is 12.4. The maximum absolute atomic E-state index is 10.9. The zero-order chi connectivity index (χ0) is 15.1. The largest absolute Gasteiger partial charge is 0.481 e. The predicted octanol–water partition coefficient (Wildman–Crippen LogP) is 3.84. The number of hydrogen-bond acceptors (Lipinski definition) is 3. The third kappa shape index (κ3) is 2.07. The van der Waals surface area contributed by atoms with Gasteiger partial charge in [0.05, 0.1) is 12.1 Å². The molecule has 0 aliphatic rings. The normalized spacial score (nSPS) is 11.3. The van der Waals surface area contributed by atoms with Crippen molar-refractivity contribution in [1.82, 2.24) is 9.38 Å². The standard InChI is InChI=1S/C17H12N2O2S/c20-16(21)8-12-10-22-17-18-15(9-19(12)17)14-7-3-5-11-4-1-2-6-13(11)14/h1-7,9-10H,8H2,(H,20,21). The number of hydrogen-bond donors (Lipinski definition) is 1. The summed E-state index contributed by atoms with van der Waals surface area (Å²) in [5.41, 5.74) is 2.69. The Morgan fingerprint density at radius 1 is 1.18 bits per heavy atom. The van der Waals surface area contributed by atoms with Crippen molar-refractivity contribution in [1.29, 1.82) is 0 Å². The van der Waals surface area contributed by atoms with Crippen molar-refractivity contribution in [2.24, 2.45) is 0 Å². The van der Waals surface area contributed by atoms with E-state index in [4.69, 9.17) is 5.11 Å². The molecule has 108 valence electrons. The van der Waals surface area contributed by atoms with Gasteiger partial charge in [0.25, 0.3) is 0 Å². The molecule has 1 N–H and O–H groups in total. The van der Waals surface area contributed by atoms with E-state index < -0.39 is 5.97 Å². The lowest BCUT2D eigenvalue weighted by Gasteiger charge is -2.03. The summed E-state index contributed by atoms with van der Waals surface area (Å²) in [4.78, 5) is 16.4. The van der Waals surface area contributed by atoms with E-state index in [-0.39, 0.29) is 6.42 Å². The molecule has 5 heteroatoms. The quantitative estimate of drug-likeness (QED) is 0.625. The Kier molecular flexibility index (Phi) is 2.94. The van der Waals surface area contributed by atoms with Gasteiger partial charge in [0, 0.05) is 22.8 Å². The highest BCUT2D eigenvalue weighted by Crippen LogP contribution is 2.29. The Morgan fingerprint density at radius 3 is 2.86 bits per heavy atom. The maximum atomic E-state index is 10.9. The fraction of sp³-hybridized carbons (Fsp3) is 0.0588. The summed E-state index contributed by atoms with van der Waals surface area (Å²) in [6.07, 6.45) is 1.93. The van der Waals surface area contributed by atoms with Gasteiger partial charge >= 0.3 is 5.97 Å². The Balaban J connectivity index is 1.90. The molecule has 0 saturated heterocycles. The topological polar surface area (TPSA) is 54.6 Å². The van der Waals surface area contributed by atoms with Gasteiger partial charge in [-0.1, -0.05) is 42.5 Å². The minimum Gasteiger partial charge on any atom is -0.481 e. The predicted molar refractivity (Wildman–Crippen MR) is 87.4 cm³/mol. The Labute approximate surface area is 130 Å². The monoisotopic (exact) mass is 308 g/mol.